The molecule has 0 radical (unpaired) electrons. The van der Waals surface area contributed by atoms with Crippen LogP contribution in [0.1, 0.15) is 60.0 Å². The Morgan fingerprint density at radius 2 is 1.75 bits per heavy atom. The molecule has 1 N–H and O–H groups in total. The van der Waals surface area contributed by atoms with Crippen molar-refractivity contribution in [3.05, 3.63) is 116 Å². The van der Waals surface area contributed by atoms with Crippen LogP contribution in [-0.2, 0) is 35.0 Å². The molecule has 3 aromatic rings. The van der Waals surface area contributed by atoms with Crippen molar-refractivity contribution >= 4 is 23.5 Å². The number of fused-ring (bicyclic) bond motifs is 11. The smallest absolute Gasteiger partial charge is 0.334 e. The number of rotatable bonds is 10. The molecule has 4 aliphatic heterocycles. The highest BCUT2D eigenvalue weighted by atomic mass is 32.2. The molecule has 9 rings (SSSR count). The number of thioether (sulfide) groups is 1. The summed E-state index contributed by atoms with van der Waals surface area (Å²) < 4.78 is 35.5. The number of piperazine rings is 1. The molecule has 4 heterocycles. The Hall–Kier alpha value is -5.10. The molecule has 0 spiro atoms. The number of aliphatic hydroxyl groups is 1. The van der Waals surface area contributed by atoms with Crippen LogP contribution in [0.5, 0.6) is 11.5 Å². The van der Waals surface area contributed by atoms with Crippen LogP contribution in [0.2, 0.25) is 0 Å². The second-order valence-corrected chi connectivity index (χ2v) is 17.0. The van der Waals surface area contributed by atoms with E-state index >= 15 is 0 Å². The number of aryl methyl sites for hydroxylation is 1. The Morgan fingerprint density at radius 3 is 2.42 bits per heavy atom. The Bertz CT molecular complexity index is 2360. The van der Waals surface area contributed by atoms with E-state index in [0.29, 0.717) is 23.5 Å². The quantitative estimate of drug-likeness (QED) is 0.144. The van der Waals surface area contributed by atoms with E-state index in [1.165, 1.54) is 22.3 Å². The molecule has 2 bridgehead atoms. The molecule has 6 atom stereocenters. The van der Waals surface area contributed by atoms with Crippen LogP contribution in [-0.4, -0.2) is 104 Å². The van der Waals surface area contributed by atoms with Crippen LogP contribution in [0.3, 0.4) is 0 Å². The number of ether oxygens (including phenoxy) is 6. The number of nitriles is 1. The average molecular weight is 818 g/mol. The van der Waals surface area contributed by atoms with Gasteiger partial charge < -0.3 is 33.5 Å². The van der Waals surface area contributed by atoms with Crippen LogP contribution < -0.4 is 9.47 Å². The number of Topliss-reactive ketones (excluding diaryl/α,β-unsaturated/α-hetero) is 1. The van der Waals surface area contributed by atoms with Gasteiger partial charge in [0.2, 0.25) is 6.79 Å². The third kappa shape index (κ3) is 6.02. The van der Waals surface area contributed by atoms with E-state index in [2.05, 4.69) is 65.6 Å². The van der Waals surface area contributed by atoms with Gasteiger partial charge in [0.1, 0.15) is 12.6 Å². The molecule has 6 aliphatic rings. The molecule has 13 heteroatoms. The predicted molar refractivity (Wildman–Crippen MR) is 219 cm³/mol. The maximum atomic E-state index is 14.4. The number of esters is 1. The van der Waals surface area contributed by atoms with Crippen LogP contribution >= 0.6 is 11.8 Å². The van der Waals surface area contributed by atoms with E-state index in [9.17, 15) is 20.0 Å². The van der Waals surface area contributed by atoms with E-state index < -0.39 is 41.5 Å². The van der Waals surface area contributed by atoms with Gasteiger partial charge in [-0.25, -0.2) is 4.79 Å². The highest BCUT2D eigenvalue weighted by Gasteiger charge is 2.64. The topological polar surface area (TPSA) is 140 Å². The maximum absolute atomic E-state index is 14.4. The first-order valence-electron chi connectivity index (χ1n) is 19.9. The molecular weight excluding hydrogens is 771 g/mol. The number of piperidine rings is 1. The van der Waals surface area contributed by atoms with E-state index in [4.69, 9.17) is 28.4 Å². The number of carbonyl (C=O) groups excluding carboxylic acids is 2. The first kappa shape index (κ1) is 39.4. The van der Waals surface area contributed by atoms with Crippen LogP contribution in [0.25, 0.3) is 11.1 Å². The zero-order chi connectivity index (χ0) is 41.3. The van der Waals surface area contributed by atoms with E-state index in [1.807, 2.05) is 24.3 Å². The van der Waals surface area contributed by atoms with E-state index in [-0.39, 0.29) is 61.2 Å². The molecular formula is C46H47N3O9S. The molecule has 3 fully saturated rings. The molecule has 3 saturated heterocycles. The lowest BCUT2D eigenvalue weighted by molar-refractivity contribution is -0.156. The summed E-state index contributed by atoms with van der Waals surface area (Å²) in [6.45, 7) is 4.88. The Labute approximate surface area is 347 Å². The van der Waals surface area contributed by atoms with Gasteiger partial charge in [0, 0.05) is 59.6 Å². The fourth-order valence-corrected chi connectivity index (χ4v) is 11.6. The first-order valence-corrected chi connectivity index (χ1v) is 20.9. The van der Waals surface area contributed by atoms with Crippen molar-refractivity contribution < 1.29 is 43.1 Å². The summed E-state index contributed by atoms with van der Waals surface area (Å²) in [5.41, 5.74) is 6.58. The number of likely N-dealkylation sites (N-methyl/N-ethyl adjacent to an activating group) is 1. The fourth-order valence-electron chi connectivity index (χ4n) is 10.6. The van der Waals surface area contributed by atoms with Crippen molar-refractivity contribution in [1.82, 2.24) is 9.80 Å². The zero-order valence-corrected chi connectivity index (χ0v) is 34.8. The standard InChI is InChI=1S/C46H47N3O9S/c1-24-15-27-16-33-35(18-47)49-34(39(48(33)4)37(27)42(40(24)54-6)56-22-53-5)17-46(52)38(43-41(57-23-58-43)26(3)44(46)50)36(49)19-55-45(51)25(2)20-59-21-32-30-13-9-7-11-28(30)29-12-8-10-14-31(29)32/h7-15,20,32-36,39,52H,16-17,19,21-23H2,1-6H3/b25-20-/t33-,34?,35+,36+,39-,46?/m1/s1. The summed E-state index contributed by atoms with van der Waals surface area (Å²) in [6, 6.07) is 18.5. The van der Waals surface area contributed by atoms with Gasteiger partial charge in [0.25, 0.3) is 0 Å². The molecule has 0 saturated carbocycles. The first-order chi connectivity index (χ1) is 28.5. The number of methoxy groups -OCH3 is 2. The number of hydrogen-bond donors (Lipinski definition) is 1. The lowest BCUT2D eigenvalue weighted by Crippen LogP contribution is -2.74. The van der Waals surface area contributed by atoms with E-state index in [0.717, 1.165) is 22.4 Å². The monoisotopic (exact) mass is 817 g/mol. The largest absolute Gasteiger partial charge is 0.493 e. The summed E-state index contributed by atoms with van der Waals surface area (Å²) in [7, 11) is 5.10. The molecule has 2 aliphatic carbocycles. The van der Waals surface area contributed by atoms with Crippen molar-refractivity contribution in [2.24, 2.45) is 0 Å². The Morgan fingerprint density at radius 1 is 1.05 bits per heavy atom. The summed E-state index contributed by atoms with van der Waals surface area (Å²) in [5, 5.41) is 25.7. The van der Waals surface area contributed by atoms with Gasteiger partial charge in [-0.15, -0.1) is 11.8 Å². The summed E-state index contributed by atoms with van der Waals surface area (Å²) >= 11 is 1.55. The molecule has 59 heavy (non-hydrogen) atoms. The van der Waals surface area contributed by atoms with Gasteiger partial charge >= 0.3 is 5.97 Å². The van der Waals surface area contributed by atoms with Gasteiger partial charge in [-0.05, 0) is 73.0 Å². The minimum absolute atomic E-state index is 0.0327. The molecule has 2 unspecified atom stereocenters. The second kappa shape index (κ2) is 15.2. The minimum atomic E-state index is -2.04. The third-order valence-electron chi connectivity index (χ3n) is 13.1. The van der Waals surface area contributed by atoms with E-state index in [1.54, 1.807) is 39.8 Å². The van der Waals surface area contributed by atoms with Gasteiger partial charge in [0.15, 0.2) is 41.2 Å². The van der Waals surface area contributed by atoms with Crippen molar-refractivity contribution in [1.29, 1.82) is 5.26 Å². The van der Waals surface area contributed by atoms with Crippen molar-refractivity contribution in [3.63, 3.8) is 0 Å². The van der Waals surface area contributed by atoms with Crippen molar-refractivity contribution in [2.45, 2.75) is 75.3 Å². The van der Waals surface area contributed by atoms with Gasteiger partial charge in [-0.2, -0.15) is 5.26 Å². The minimum Gasteiger partial charge on any atom is -0.493 e. The number of carbonyl (C=O) groups is 2. The average Bonchev–Trinajstić information content (AvgIpc) is 3.85. The number of nitrogens with zero attached hydrogens (tertiary/aromatic N) is 3. The Kier molecular flexibility index (Phi) is 10.1. The second-order valence-electron chi connectivity index (χ2n) is 16.1. The lowest BCUT2D eigenvalue weighted by atomic mass is 9.65. The normalized spacial score (nSPS) is 27.1. The third-order valence-corrected chi connectivity index (χ3v) is 14.1. The van der Waals surface area contributed by atoms with Crippen LogP contribution in [0, 0.1) is 18.3 Å². The molecule has 0 amide bonds. The summed E-state index contributed by atoms with van der Waals surface area (Å²) in [6.07, 6.45) is 0.448. The molecule has 3 aromatic carbocycles. The van der Waals surface area contributed by atoms with Crippen molar-refractivity contribution in [2.75, 3.05) is 47.2 Å². The van der Waals surface area contributed by atoms with Crippen molar-refractivity contribution in [3.8, 4) is 28.7 Å². The molecule has 306 valence electrons. The maximum Gasteiger partial charge on any atom is 0.334 e. The predicted octanol–water partition coefficient (Wildman–Crippen LogP) is 6.07. The molecule has 0 aromatic heterocycles. The number of benzene rings is 3. The number of ketones is 1. The van der Waals surface area contributed by atoms with Gasteiger partial charge in [0.05, 0.1) is 25.3 Å². The highest BCUT2D eigenvalue weighted by Crippen LogP contribution is 2.57. The Balaban J connectivity index is 1.07. The van der Waals surface area contributed by atoms with Gasteiger partial charge in [-0.1, -0.05) is 54.6 Å². The summed E-state index contributed by atoms with van der Waals surface area (Å²) in [4.78, 5) is 32.5. The molecule has 12 nitrogen and oxygen atoms in total. The van der Waals surface area contributed by atoms with Crippen LogP contribution in [0.15, 0.2) is 88.2 Å². The van der Waals surface area contributed by atoms with Crippen LogP contribution in [0.4, 0.5) is 0 Å². The SMILES string of the molecule is COCOc1c(OC)c(C)cc2c1[C@H]1C3CC4(O)C(=O)C(C)=C5OCOC5=C4[C@H](COC(=O)/C(C)=C\SCC4c5ccccc5-c5ccccc54)N3[C@@H](C#N)[C@@H](C2)N1C. The fraction of sp³-hybridized carbons (Fsp3) is 0.413. The number of hydrogen-bond acceptors (Lipinski definition) is 13. The summed E-state index contributed by atoms with van der Waals surface area (Å²) in [5.74, 6) is 1.44. The van der Waals surface area contributed by atoms with Gasteiger partial charge in [-0.3, -0.25) is 14.6 Å². The lowest BCUT2D eigenvalue weighted by Gasteiger charge is -2.62. The highest BCUT2D eigenvalue weighted by molar-refractivity contribution is 8.02. The zero-order valence-electron chi connectivity index (χ0n) is 33.9.